The van der Waals surface area contributed by atoms with Crippen LogP contribution in [0.4, 0.5) is 5.13 Å². The molecule has 0 spiro atoms. The number of halogens is 1. The van der Waals surface area contributed by atoms with E-state index in [9.17, 15) is 8.42 Å². The van der Waals surface area contributed by atoms with E-state index in [-0.39, 0.29) is 10.2 Å². The van der Waals surface area contributed by atoms with Crippen LogP contribution in [0.25, 0.3) is 0 Å². The maximum absolute atomic E-state index is 11.8. The average Bonchev–Trinajstić information content (AvgIpc) is 2.70. The highest BCUT2D eigenvalue weighted by Crippen LogP contribution is 2.16. The molecule has 1 N–H and O–H groups in total. The van der Waals surface area contributed by atoms with Crippen LogP contribution in [-0.2, 0) is 10.0 Å². The second-order valence-corrected chi connectivity index (χ2v) is 5.87. The number of rotatable bonds is 3. The quantitative estimate of drug-likeness (QED) is 0.866. The first-order valence-corrected chi connectivity index (χ1v) is 7.05. The number of pyridine rings is 1. The standard InChI is InChI=1S/C7H5BrN4O2S2/c8-5-2-1-3-6(11-5)16(13,14)12-7-9-4-10-15-7/h1-4H,(H,9,10,12). The van der Waals surface area contributed by atoms with Gasteiger partial charge in [-0.2, -0.15) is 12.8 Å². The summed E-state index contributed by atoms with van der Waals surface area (Å²) in [4.78, 5) is 7.58. The van der Waals surface area contributed by atoms with Gasteiger partial charge in [0.15, 0.2) is 5.03 Å². The third-order valence-corrected chi connectivity index (χ3v) is 3.94. The van der Waals surface area contributed by atoms with Crippen molar-refractivity contribution in [1.82, 2.24) is 14.3 Å². The molecule has 2 heterocycles. The third-order valence-electron chi connectivity index (χ3n) is 1.55. The van der Waals surface area contributed by atoms with Gasteiger partial charge in [-0.1, -0.05) is 6.07 Å². The summed E-state index contributed by atoms with van der Waals surface area (Å²) in [6.45, 7) is 0. The van der Waals surface area contributed by atoms with Crippen LogP contribution in [-0.4, -0.2) is 22.8 Å². The van der Waals surface area contributed by atoms with E-state index in [0.29, 0.717) is 4.60 Å². The van der Waals surface area contributed by atoms with Crippen LogP contribution in [0.2, 0.25) is 0 Å². The lowest BCUT2D eigenvalue weighted by molar-refractivity contribution is 0.597. The molecule has 9 heteroatoms. The van der Waals surface area contributed by atoms with Crippen molar-refractivity contribution < 1.29 is 8.42 Å². The molecule has 2 aromatic rings. The molecule has 16 heavy (non-hydrogen) atoms. The predicted octanol–water partition coefficient (Wildman–Crippen LogP) is 1.50. The number of sulfonamides is 1. The minimum Gasteiger partial charge on any atom is -0.252 e. The fourth-order valence-electron chi connectivity index (χ4n) is 0.925. The molecule has 0 aliphatic rings. The van der Waals surface area contributed by atoms with Crippen LogP contribution in [0.3, 0.4) is 0 Å². The SMILES string of the molecule is O=S(=O)(Nc1ncns1)c1cccc(Br)n1. The van der Waals surface area contributed by atoms with Gasteiger partial charge in [-0.3, -0.25) is 4.72 Å². The molecule has 2 rings (SSSR count). The minimum atomic E-state index is -3.69. The zero-order valence-corrected chi connectivity index (χ0v) is 10.9. The van der Waals surface area contributed by atoms with Crippen molar-refractivity contribution in [3.05, 3.63) is 29.1 Å². The van der Waals surface area contributed by atoms with Gasteiger partial charge in [-0.15, -0.1) is 0 Å². The molecule has 0 atom stereocenters. The van der Waals surface area contributed by atoms with Gasteiger partial charge in [0.2, 0.25) is 5.13 Å². The van der Waals surface area contributed by atoms with E-state index in [0.717, 1.165) is 11.5 Å². The minimum absolute atomic E-state index is 0.0722. The monoisotopic (exact) mass is 320 g/mol. The summed E-state index contributed by atoms with van der Waals surface area (Å²) in [5.74, 6) is 0. The van der Waals surface area contributed by atoms with Crippen LogP contribution >= 0.6 is 27.5 Å². The number of hydrogen-bond acceptors (Lipinski definition) is 6. The Bertz CT molecular complexity index is 584. The van der Waals surface area contributed by atoms with E-state index in [1.165, 1.54) is 12.4 Å². The zero-order chi connectivity index (χ0) is 11.6. The van der Waals surface area contributed by atoms with Crippen LogP contribution in [0.5, 0.6) is 0 Å². The molecule has 0 fully saturated rings. The largest absolute Gasteiger partial charge is 0.281 e. The van der Waals surface area contributed by atoms with Gasteiger partial charge >= 0.3 is 0 Å². The smallest absolute Gasteiger partial charge is 0.252 e. The van der Waals surface area contributed by atoms with Crippen molar-refractivity contribution in [2.45, 2.75) is 5.03 Å². The number of aromatic nitrogens is 3. The molecular formula is C7H5BrN4O2S2. The molecule has 2 aromatic heterocycles. The Labute approximate surface area is 104 Å². The summed E-state index contributed by atoms with van der Waals surface area (Å²) in [6, 6.07) is 4.63. The van der Waals surface area contributed by atoms with Crippen molar-refractivity contribution in [2.24, 2.45) is 0 Å². The number of anilines is 1. The van der Waals surface area contributed by atoms with Gasteiger partial charge in [0.25, 0.3) is 10.0 Å². The molecule has 6 nitrogen and oxygen atoms in total. The number of nitrogens with one attached hydrogen (secondary N) is 1. The maximum atomic E-state index is 11.8. The van der Waals surface area contributed by atoms with Gasteiger partial charge in [-0.25, -0.2) is 9.97 Å². The van der Waals surface area contributed by atoms with E-state index in [4.69, 9.17) is 0 Å². The second-order valence-electron chi connectivity index (χ2n) is 2.65. The van der Waals surface area contributed by atoms with Crippen molar-refractivity contribution >= 4 is 42.6 Å². The molecule has 0 bridgehead atoms. The lowest BCUT2D eigenvalue weighted by atomic mass is 10.5. The van der Waals surface area contributed by atoms with E-state index in [2.05, 4.69) is 35.0 Å². The zero-order valence-electron chi connectivity index (χ0n) is 7.66. The summed E-state index contributed by atoms with van der Waals surface area (Å²) in [5.41, 5.74) is 0. The predicted molar refractivity (Wildman–Crippen MR) is 62.7 cm³/mol. The van der Waals surface area contributed by atoms with Crippen molar-refractivity contribution in [1.29, 1.82) is 0 Å². The Morgan fingerprint density at radius 2 is 2.19 bits per heavy atom. The number of hydrogen-bond donors (Lipinski definition) is 1. The Morgan fingerprint density at radius 3 is 2.81 bits per heavy atom. The summed E-state index contributed by atoms with van der Waals surface area (Å²) < 4.78 is 30.0. The first-order valence-electron chi connectivity index (χ1n) is 4.00. The second kappa shape index (κ2) is 4.44. The maximum Gasteiger partial charge on any atom is 0.281 e. The van der Waals surface area contributed by atoms with E-state index in [1.807, 2.05) is 0 Å². The van der Waals surface area contributed by atoms with Crippen molar-refractivity contribution in [2.75, 3.05) is 4.72 Å². The summed E-state index contributed by atoms with van der Waals surface area (Å²) in [5, 5.41) is 0.138. The van der Waals surface area contributed by atoms with Crippen LogP contribution in [0.1, 0.15) is 0 Å². The van der Waals surface area contributed by atoms with Crippen LogP contribution in [0.15, 0.2) is 34.2 Å². The average molecular weight is 321 g/mol. The molecule has 0 radical (unpaired) electrons. The van der Waals surface area contributed by atoms with Crippen LogP contribution in [0, 0.1) is 0 Å². The van der Waals surface area contributed by atoms with Gasteiger partial charge < -0.3 is 0 Å². The molecule has 0 unspecified atom stereocenters. The topological polar surface area (TPSA) is 84.8 Å². The first-order chi connectivity index (χ1) is 7.58. The first kappa shape index (κ1) is 11.4. The molecule has 0 aliphatic heterocycles. The highest BCUT2D eigenvalue weighted by Gasteiger charge is 2.17. The normalized spacial score (nSPS) is 11.3. The molecular weight excluding hydrogens is 316 g/mol. The van der Waals surface area contributed by atoms with Crippen molar-refractivity contribution in [3.63, 3.8) is 0 Å². The van der Waals surface area contributed by atoms with Gasteiger partial charge in [0, 0.05) is 11.5 Å². The highest BCUT2D eigenvalue weighted by atomic mass is 79.9. The molecule has 0 saturated heterocycles. The van der Waals surface area contributed by atoms with Crippen LogP contribution < -0.4 is 4.72 Å². The highest BCUT2D eigenvalue weighted by molar-refractivity contribution is 9.10. The molecule has 0 aromatic carbocycles. The Kier molecular flexibility index (Phi) is 3.17. The van der Waals surface area contributed by atoms with E-state index in [1.54, 1.807) is 12.1 Å². The molecule has 84 valence electrons. The van der Waals surface area contributed by atoms with Gasteiger partial charge in [0.05, 0.1) is 0 Å². The van der Waals surface area contributed by atoms with E-state index >= 15 is 0 Å². The fraction of sp³-hybridized carbons (Fsp3) is 0. The van der Waals surface area contributed by atoms with Gasteiger partial charge in [-0.05, 0) is 28.1 Å². The summed E-state index contributed by atoms with van der Waals surface area (Å²) >= 11 is 4.06. The Balaban J connectivity index is 2.33. The van der Waals surface area contributed by atoms with Crippen molar-refractivity contribution in [3.8, 4) is 0 Å². The third kappa shape index (κ3) is 2.54. The summed E-state index contributed by atoms with van der Waals surface area (Å²) in [6.07, 6.45) is 1.27. The lowest BCUT2D eigenvalue weighted by Gasteiger charge is -2.03. The molecule has 0 saturated carbocycles. The molecule has 0 amide bonds. The lowest BCUT2D eigenvalue weighted by Crippen LogP contribution is -2.14. The molecule has 0 aliphatic carbocycles. The Hall–Kier alpha value is -1.06. The summed E-state index contributed by atoms with van der Waals surface area (Å²) in [7, 11) is -3.69. The number of nitrogens with zero attached hydrogens (tertiary/aromatic N) is 3. The van der Waals surface area contributed by atoms with Gasteiger partial charge in [0.1, 0.15) is 10.9 Å². The van der Waals surface area contributed by atoms with E-state index < -0.39 is 10.0 Å². The fourth-order valence-corrected chi connectivity index (χ4v) is 3.02. The Morgan fingerprint density at radius 1 is 1.38 bits per heavy atom.